The van der Waals surface area contributed by atoms with Crippen LogP contribution in [-0.4, -0.2) is 76.1 Å². The highest BCUT2D eigenvalue weighted by Crippen LogP contribution is 2.20. The van der Waals surface area contributed by atoms with Gasteiger partial charge in [0.1, 0.15) is 6.10 Å². The molecule has 1 rings (SSSR count). The topological polar surface area (TPSA) is 83.5 Å². The standard InChI is InChI=1S/C33H62O7/c1-3-4-5-6-7-8-12-16-21-36-23-25-38-27-28-39-26-24-37-22-17-15-20-32(34)19-14-11-9-10-13-18-31-29-30(2)40-33(31)35/h29-30,32,34H,3-28H2,1-2H3/t30-,32-/m1/s1. The number of carbonyl (C=O) groups is 1. The van der Waals surface area contributed by atoms with Crippen LogP contribution in [0.15, 0.2) is 11.6 Å². The van der Waals surface area contributed by atoms with Gasteiger partial charge in [0.15, 0.2) is 0 Å². The third-order valence-corrected chi connectivity index (χ3v) is 7.31. The lowest BCUT2D eigenvalue weighted by atomic mass is 10.0. The Bertz CT molecular complexity index is 595. The van der Waals surface area contributed by atoms with Crippen molar-refractivity contribution < 1.29 is 33.6 Å². The van der Waals surface area contributed by atoms with Gasteiger partial charge in [-0.2, -0.15) is 0 Å². The van der Waals surface area contributed by atoms with Gasteiger partial charge in [-0.25, -0.2) is 4.79 Å². The molecular formula is C33H62O7. The number of ether oxygens (including phenoxy) is 5. The Balaban J connectivity index is 1.69. The van der Waals surface area contributed by atoms with Gasteiger partial charge in [-0.05, 0) is 57.9 Å². The number of unbranched alkanes of at least 4 members (excludes halogenated alkanes) is 12. The number of aliphatic hydroxyl groups excluding tert-OH is 1. The highest BCUT2D eigenvalue weighted by Gasteiger charge is 2.21. The SMILES string of the molecule is CCCCCCCCCCOCCOCCOCCOCCCC[C@H](O)CCCCCCCC1=C[C@@H](C)OC1=O. The number of esters is 1. The molecule has 0 aromatic rings. The van der Waals surface area contributed by atoms with Gasteiger partial charge in [0.05, 0.1) is 45.7 Å². The molecule has 7 nitrogen and oxygen atoms in total. The molecule has 2 atom stereocenters. The second kappa shape index (κ2) is 28.1. The maximum absolute atomic E-state index is 11.6. The van der Waals surface area contributed by atoms with E-state index in [2.05, 4.69) is 6.92 Å². The molecule has 0 unspecified atom stereocenters. The first-order valence-electron chi connectivity index (χ1n) is 16.5. The van der Waals surface area contributed by atoms with Crippen LogP contribution in [0.4, 0.5) is 0 Å². The molecule has 0 amide bonds. The Morgan fingerprint density at radius 1 is 0.650 bits per heavy atom. The largest absolute Gasteiger partial charge is 0.455 e. The maximum Gasteiger partial charge on any atom is 0.334 e. The van der Waals surface area contributed by atoms with Crippen molar-refractivity contribution in [3.05, 3.63) is 11.6 Å². The van der Waals surface area contributed by atoms with E-state index < -0.39 is 0 Å². The molecule has 1 heterocycles. The Hall–Kier alpha value is -0.990. The van der Waals surface area contributed by atoms with Crippen LogP contribution in [0.5, 0.6) is 0 Å². The van der Waals surface area contributed by atoms with E-state index in [1.807, 2.05) is 13.0 Å². The van der Waals surface area contributed by atoms with Crippen LogP contribution in [0.1, 0.15) is 129 Å². The predicted octanol–water partition coefficient (Wildman–Crippen LogP) is 7.33. The van der Waals surface area contributed by atoms with E-state index in [0.717, 1.165) is 82.8 Å². The van der Waals surface area contributed by atoms with Gasteiger partial charge < -0.3 is 28.8 Å². The van der Waals surface area contributed by atoms with Crippen molar-refractivity contribution in [2.75, 3.05) is 52.9 Å². The molecule has 0 saturated heterocycles. The Morgan fingerprint density at radius 3 is 1.60 bits per heavy atom. The van der Waals surface area contributed by atoms with Gasteiger partial charge in [0.2, 0.25) is 0 Å². The minimum atomic E-state index is -0.209. The van der Waals surface area contributed by atoms with Crippen molar-refractivity contribution in [2.45, 2.75) is 142 Å². The van der Waals surface area contributed by atoms with Crippen molar-refractivity contribution >= 4 is 5.97 Å². The first kappa shape index (κ1) is 37.0. The minimum Gasteiger partial charge on any atom is -0.455 e. The molecule has 0 aromatic heterocycles. The van der Waals surface area contributed by atoms with E-state index in [1.165, 1.54) is 44.9 Å². The van der Waals surface area contributed by atoms with Crippen molar-refractivity contribution in [3.8, 4) is 0 Å². The second-order valence-electron chi connectivity index (χ2n) is 11.2. The molecule has 0 saturated carbocycles. The lowest BCUT2D eigenvalue weighted by Crippen LogP contribution is -2.12. The summed E-state index contributed by atoms with van der Waals surface area (Å²) in [7, 11) is 0. The number of hydrogen-bond donors (Lipinski definition) is 1. The minimum absolute atomic E-state index is 0.0646. The van der Waals surface area contributed by atoms with E-state index in [1.54, 1.807) is 0 Å². The van der Waals surface area contributed by atoms with E-state index in [9.17, 15) is 9.90 Å². The monoisotopic (exact) mass is 570 g/mol. The van der Waals surface area contributed by atoms with Gasteiger partial charge in [-0.15, -0.1) is 0 Å². The first-order valence-corrected chi connectivity index (χ1v) is 16.5. The summed E-state index contributed by atoms with van der Waals surface area (Å²) in [5.74, 6) is -0.142. The maximum atomic E-state index is 11.6. The summed E-state index contributed by atoms with van der Waals surface area (Å²) in [6.45, 7) is 9.35. The average molecular weight is 571 g/mol. The molecule has 0 radical (unpaired) electrons. The molecule has 0 spiro atoms. The summed E-state index contributed by atoms with van der Waals surface area (Å²) < 4.78 is 27.5. The van der Waals surface area contributed by atoms with Gasteiger partial charge in [0.25, 0.3) is 0 Å². The van der Waals surface area contributed by atoms with E-state index >= 15 is 0 Å². The van der Waals surface area contributed by atoms with Gasteiger partial charge in [-0.1, -0.05) is 77.6 Å². The van der Waals surface area contributed by atoms with Crippen LogP contribution in [0, 0.1) is 0 Å². The van der Waals surface area contributed by atoms with Gasteiger partial charge in [0, 0.05) is 18.8 Å². The predicted molar refractivity (Wildman–Crippen MR) is 162 cm³/mol. The van der Waals surface area contributed by atoms with Crippen LogP contribution in [0.25, 0.3) is 0 Å². The Labute approximate surface area is 245 Å². The van der Waals surface area contributed by atoms with Crippen LogP contribution in [-0.2, 0) is 28.5 Å². The summed E-state index contributed by atoms with van der Waals surface area (Å²) in [4.78, 5) is 11.6. The summed E-state index contributed by atoms with van der Waals surface area (Å²) in [5.41, 5.74) is 0.838. The smallest absolute Gasteiger partial charge is 0.334 e. The molecule has 1 aliphatic rings. The van der Waals surface area contributed by atoms with Crippen molar-refractivity contribution in [2.24, 2.45) is 0 Å². The zero-order chi connectivity index (χ0) is 28.9. The van der Waals surface area contributed by atoms with E-state index in [4.69, 9.17) is 23.7 Å². The third kappa shape index (κ3) is 23.7. The summed E-state index contributed by atoms with van der Waals surface area (Å²) >= 11 is 0. The van der Waals surface area contributed by atoms with E-state index in [0.29, 0.717) is 46.2 Å². The summed E-state index contributed by atoms with van der Waals surface area (Å²) in [6.07, 6.45) is 22.2. The molecule has 0 fully saturated rings. The molecule has 0 aliphatic carbocycles. The zero-order valence-corrected chi connectivity index (χ0v) is 26.0. The summed E-state index contributed by atoms with van der Waals surface area (Å²) in [5, 5.41) is 10.2. The number of rotatable bonds is 31. The highest BCUT2D eigenvalue weighted by atomic mass is 16.6. The molecule has 7 heteroatoms. The Kier molecular flexibility index (Phi) is 26.1. The van der Waals surface area contributed by atoms with Gasteiger partial charge >= 0.3 is 5.97 Å². The molecule has 1 aliphatic heterocycles. The van der Waals surface area contributed by atoms with E-state index in [-0.39, 0.29) is 18.2 Å². The molecule has 40 heavy (non-hydrogen) atoms. The molecule has 0 aromatic carbocycles. The molecular weight excluding hydrogens is 508 g/mol. The van der Waals surface area contributed by atoms with Crippen LogP contribution < -0.4 is 0 Å². The number of aliphatic hydroxyl groups is 1. The first-order chi connectivity index (χ1) is 19.6. The quantitative estimate of drug-likeness (QED) is 0.0690. The lowest BCUT2D eigenvalue weighted by molar-refractivity contribution is -0.139. The van der Waals surface area contributed by atoms with Crippen molar-refractivity contribution in [1.82, 2.24) is 0 Å². The number of hydrogen-bond acceptors (Lipinski definition) is 7. The Morgan fingerprint density at radius 2 is 1.07 bits per heavy atom. The zero-order valence-electron chi connectivity index (χ0n) is 26.0. The number of carbonyl (C=O) groups excluding carboxylic acids is 1. The highest BCUT2D eigenvalue weighted by molar-refractivity contribution is 5.90. The fourth-order valence-electron chi connectivity index (χ4n) is 4.87. The van der Waals surface area contributed by atoms with Crippen LogP contribution in [0.2, 0.25) is 0 Å². The summed E-state index contributed by atoms with van der Waals surface area (Å²) in [6, 6.07) is 0. The molecule has 0 bridgehead atoms. The normalized spacial score (nSPS) is 15.9. The average Bonchev–Trinajstić information content (AvgIpc) is 3.27. The molecule has 236 valence electrons. The molecule has 1 N–H and O–H groups in total. The van der Waals surface area contributed by atoms with Crippen molar-refractivity contribution in [1.29, 1.82) is 0 Å². The van der Waals surface area contributed by atoms with Crippen LogP contribution in [0.3, 0.4) is 0 Å². The van der Waals surface area contributed by atoms with Gasteiger partial charge in [-0.3, -0.25) is 0 Å². The second-order valence-corrected chi connectivity index (χ2v) is 11.2. The number of cyclic esters (lactones) is 1. The third-order valence-electron chi connectivity index (χ3n) is 7.31. The fraction of sp³-hybridized carbons (Fsp3) is 0.909. The van der Waals surface area contributed by atoms with Crippen LogP contribution >= 0.6 is 0 Å². The van der Waals surface area contributed by atoms with Crippen molar-refractivity contribution in [3.63, 3.8) is 0 Å². The lowest BCUT2D eigenvalue weighted by Gasteiger charge is -2.11. The fourth-order valence-corrected chi connectivity index (χ4v) is 4.87.